The zero-order chi connectivity index (χ0) is 9.23. The van der Waals surface area contributed by atoms with Gasteiger partial charge in [-0.3, -0.25) is 4.79 Å². The number of nitrogens with one attached hydrogen (secondary N) is 1. The number of unbranched alkanes of at least 4 members (excludes halogenated alkanes) is 1. The maximum atomic E-state index is 10.9. The minimum atomic E-state index is 0.0778. The van der Waals surface area contributed by atoms with Crippen molar-refractivity contribution in [1.29, 1.82) is 0 Å². The Hall–Kier alpha value is -0.570. The lowest BCUT2D eigenvalue weighted by Crippen LogP contribution is -2.25. The van der Waals surface area contributed by atoms with Gasteiger partial charge in [0, 0.05) is 13.0 Å². The van der Waals surface area contributed by atoms with Crippen molar-refractivity contribution in [3.05, 3.63) is 0 Å². The third-order valence-electron chi connectivity index (χ3n) is 1.49. The molecule has 0 aromatic heterocycles. The lowest BCUT2D eigenvalue weighted by Gasteiger charge is -2.04. The molecule has 0 rings (SSSR count). The summed E-state index contributed by atoms with van der Waals surface area (Å²) in [7, 11) is 0. The molecule has 0 saturated carbocycles. The predicted molar refractivity (Wildman–Crippen MR) is 48.8 cm³/mol. The van der Waals surface area contributed by atoms with Crippen LogP contribution in [0, 0.1) is 0 Å². The fourth-order valence-corrected chi connectivity index (χ4v) is 0.766. The quantitative estimate of drug-likeness (QED) is 0.470. The van der Waals surface area contributed by atoms with Crippen molar-refractivity contribution in [2.24, 2.45) is 0 Å². The maximum Gasteiger partial charge on any atom is 0.221 e. The van der Waals surface area contributed by atoms with Crippen LogP contribution in [0.1, 0.15) is 39.5 Å². The van der Waals surface area contributed by atoms with E-state index in [1.807, 2.05) is 6.92 Å². The summed E-state index contributed by atoms with van der Waals surface area (Å²) in [5.74, 6) is 0.0778. The maximum absolute atomic E-state index is 10.9. The van der Waals surface area contributed by atoms with Crippen molar-refractivity contribution in [2.45, 2.75) is 39.5 Å². The second-order valence-electron chi connectivity index (χ2n) is 2.76. The second-order valence-corrected chi connectivity index (χ2v) is 2.76. The summed E-state index contributed by atoms with van der Waals surface area (Å²) in [6, 6.07) is 0. The topological polar surface area (TPSA) is 38.3 Å². The van der Waals surface area contributed by atoms with E-state index >= 15 is 0 Å². The van der Waals surface area contributed by atoms with Crippen LogP contribution < -0.4 is 5.32 Å². The number of hydrogen-bond donors (Lipinski definition) is 1. The van der Waals surface area contributed by atoms with E-state index < -0.39 is 0 Å². The van der Waals surface area contributed by atoms with Gasteiger partial charge in [0.2, 0.25) is 5.91 Å². The molecule has 0 unspecified atom stereocenters. The average molecular weight is 173 g/mol. The molecule has 0 aliphatic carbocycles. The van der Waals surface area contributed by atoms with Crippen LogP contribution in [0.15, 0.2) is 0 Å². The van der Waals surface area contributed by atoms with Crippen LogP contribution in [0.2, 0.25) is 0 Å². The van der Waals surface area contributed by atoms with Crippen molar-refractivity contribution in [3.8, 4) is 0 Å². The first-order chi connectivity index (χ1) is 5.81. The molecular formula is C9H19NO2. The summed E-state index contributed by atoms with van der Waals surface area (Å²) in [4.78, 5) is 10.9. The first-order valence-electron chi connectivity index (χ1n) is 4.65. The Morgan fingerprint density at radius 3 is 2.67 bits per heavy atom. The van der Waals surface area contributed by atoms with Gasteiger partial charge in [-0.15, -0.1) is 0 Å². The average Bonchev–Trinajstić information content (AvgIpc) is 2.05. The summed E-state index contributed by atoms with van der Waals surface area (Å²) in [6.45, 7) is 5.19. The van der Waals surface area contributed by atoms with Gasteiger partial charge in [0.05, 0.1) is 0 Å². The molecule has 0 fully saturated rings. The molecule has 0 aromatic carbocycles. The van der Waals surface area contributed by atoms with Crippen molar-refractivity contribution in [3.63, 3.8) is 0 Å². The second kappa shape index (κ2) is 8.53. The van der Waals surface area contributed by atoms with E-state index in [2.05, 4.69) is 12.2 Å². The Labute approximate surface area is 74.5 Å². The van der Waals surface area contributed by atoms with E-state index in [0.717, 1.165) is 25.9 Å². The van der Waals surface area contributed by atoms with Gasteiger partial charge in [-0.2, -0.15) is 0 Å². The molecule has 12 heavy (non-hydrogen) atoms. The summed E-state index contributed by atoms with van der Waals surface area (Å²) < 4.78 is 5.16. The van der Waals surface area contributed by atoms with E-state index in [1.54, 1.807) is 0 Å². The Morgan fingerprint density at radius 2 is 2.08 bits per heavy atom. The first-order valence-corrected chi connectivity index (χ1v) is 4.65. The molecule has 0 spiro atoms. The first kappa shape index (κ1) is 11.4. The van der Waals surface area contributed by atoms with Crippen LogP contribution in [0.25, 0.3) is 0 Å². The van der Waals surface area contributed by atoms with Gasteiger partial charge >= 0.3 is 0 Å². The summed E-state index contributed by atoms with van der Waals surface area (Å²) in [5, 5.41) is 2.68. The zero-order valence-corrected chi connectivity index (χ0v) is 8.06. The molecule has 72 valence electrons. The van der Waals surface area contributed by atoms with Crippen molar-refractivity contribution in [2.75, 3.05) is 13.3 Å². The minimum absolute atomic E-state index is 0.0778. The lowest BCUT2D eigenvalue weighted by molar-refractivity contribution is -0.122. The number of rotatable bonds is 7. The number of ether oxygens (including phenoxy) is 1. The highest BCUT2D eigenvalue weighted by atomic mass is 16.5. The number of amides is 1. The van der Waals surface area contributed by atoms with Gasteiger partial charge in [0.1, 0.15) is 6.73 Å². The molecule has 3 nitrogen and oxygen atoms in total. The molecule has 0 radical (unpaired) electrons. The normalized spacial score (nSPS) is 9.83. The van der Waals surface area contributed by atoms with Crippen LogP contribution >= 0.6 is 0 Å². The van der Waals surface area contributed by atoms with E-state index in [4.69, 9.17) is 4.74 Å². The monoisotopic (exact) mass is 173 g/mol. The largest absolute Gasteiger partial charge is 0.361 e. The third kappa shape index (κ3) is 7.54. The van der Waals surface area contributed by atoms with Gasteiger partial charge in [-0.05, 0) is 12.8 Å². The van der Waals surface area contributed by atoms with E-state index in [0.29, 0.717) is 13.2 Å². The Bertz CT molecular complexity index is 115. The van der Waals surface area contributed by atoms with Gasteiger partial charge in [-0.1, -0.05) is 20.3 Å². The van der Waals surface area contributed by atoms with Gasteiger partial charge in [0.15, 0.2) is 0 Å². The van der Waals surface area contributed by atoms with Crippen molar-refractivity contribution >= 4 is 5.91 Å². The van der Waals surface area contributed by atoms with Crippen molar-refractivity contribution in [1.82, 2.24) is 5.32 Å². The molecule has 0 bridgehead atoms. The van der Waals surface area contributed by atoms with Crippen LogP contribution in [-0.2, 0) is 9.53 Å². The fourth-order valence-electron chi connectivity index (χ4n) is 0.766. The molecule has 0 aliphatic rings. The van der Waals surface area contributed by atoms with Crippen LogP contribution in [0.5, 0.6) is 0 Å². The molecular weight excluding hydrogens is 154 g/mol. The Kier molecular flexibility index (Phi) is 8.12. The molecule has 0 atom stereocenters. The molecule has 3 heteroatoms. The number of hydrogen-bond acceptors (Lipinski definition) is 2. The van der Waals surface area contributed by atoms with E-state index in [-0.39, 0.29) is 5.91 Å². The summed E-state index contributed by atoms with van der Waals surface area (Å²) >= 11 is 0. The number of carbonyl (C=O) groups excluding carboxylic acids is 1. The lowest BCUT2D eigenvalue weighted by atomic mass is 10.3. The Balaban J connectivity index is 3.03. The highest BCUT2D eigenvalue weighted by Gasteiger charge is 1.96. The van der Waals surface area contributed by atoms with Crippen molar-refractivity contribution < 1.29 is 9.53 Å². The number of carbonyl (C=O) groups is 1. The zero-order valence-electron chi connectivity index (χ0n) is 8.06. The van der Waals surface area contributed by atoms with Gasteiger partial charge < -0.3 is 10.1 Å². The predicted octanol–water partition coefficient (Wildman–Crippen LogP) is 1.68. The standard InChI is InChI=1S/C9H19NO2/c1-3-5-7-12-8-10-9(11)6-4-2/h3-8H2,1-2H3,(H,10,11). The SMILES string of the molecule is CCCCOCNC(=O)CCC. The highest BCUT2D eigenvalue weighted by molar-refractivity contribution is 5.75. The van der Waals surface area contributed by atoms with E-state index in [9.17, 15) is 4.79 Å². The summed E-state index contributed by atoms with van der Waals surface area (Å²) in [5.41, 5.74) is 0. The molecule has 0 aliphatic heterocycles. The molecule has 0 heterocycles. The van der Waals surface area contributed by atoms with Crippen LogP contribution in [-0.4, -0.2) is 19.2 Å². The van der Waals surface area contributed by atoms with Gasteiger partial charge in [-0.25, -0.2) is 0 Å². The smallest absolute Gasteiger partial charge is 0.221 e. The molecule has 0 aromatic rings. The van der Waals surface area contributed by atoms with Crippen LogP contribution in [0.4, 0.5) is 0 Å². The highest BCUT2D eigenvalue weighted by Crippen LogP contribution is 1.88. The fraction of sp³-hybridized carbons (Fsp3) is 0.889. The summed E-state index contributed by atoms with van der Waals surface area (Å²) in [6.07, 6.45) is 3.67. The van der Waals surface area contributed by atoms with E-state index in [1.165, 1.54) is 0 Å². The molecule has 0 saturated heterocycles. The van der Waals surface area contributed by atoms with Crippen LogP contribution in [0.3, 0.4) is 0 Å². The molecule has 1 amide bonds. The Morgan fingerprint density at radius 1 is 1.33 bits per heavy atom. The molecule has 1 N–H and O–H groups in total. The minimum Gasteiger partial charge on any atom is -0.361 e. The van der Waals surface area contributed by atoms with Gasteiger partial charge in [0.25, 0.3) is 0 Å². The third-order valence-corrected chi connectivity index (χ3v) is 1.49.